The Morgan fingerprint density at radius 2 is 1.48 bits per heavy atom. The number of hydrogen-bond donors (Lipinski definition) is 1. The third-order valence-electron chi connectivity index (χ3n) is 4.17. The summed E-state index contributed by atoms with van der Waals surface area (Å²) in [4.78, 5) is 12.5. The van der Waals surface area contributed by atoms with E-state index in [2.05, 4.69) is 10.2 Å². The van der Waals surface area contributed by atoms with E-state index in [4.69, 9.17) is 0 Å². The number of sulfonamides is 1. The maximum atomic E-state index is 12.6. The van der Waals surface area contributed by atoms with Crippen LogP contribution in [0.2, 0.25) is 0 Å². The first-order valence-corrected chi connectivity index (χ1v) is 10.4. The van der Waals surface area contributed by atoms with Gasteiger partial charge in [-0.05, 0) is 55.5 Å². The van der Waals surface area contributed by atoms with Crippen LogP contribution < -0.4 is 4.72 Å². The van der Waals surface area contributed by atoms with E-state index in [1.54, 1.807) is 25.1 Å². The van der Waals surface area contributed by atoms with Crippen LogP contribution in [0.5, 0.6) is 0 Å². The maximum Gasteiger partial charge on any atom is 0.416 e. The molecule has 0 aliphatic carbocycles. The molecule has 3 rings (SSSR count). The standard InChI is InChI=1S/C21H16F3N3O3S/c1-14-6-12-17(13-7-14)31(29,30)27-20(28)18-4-2-3-5-19(18)26-25-16-10-8-15(9-11-16)21(22,23)24/h2-13H,1H3,(H,27,28). The molecule has 0 bridgehead atoms. The monoisotopic (exact) mass is 447 g/mol. The molecular weight excluding hydrogens is 431 g/mol. The number of halogens is 3. The van der Waals surface area contributed by atoms with Crippen LogP contribution in [0.15, 0.2) is 87.9 Å². The first kappa shape index (κ1) is 22.2. The van der Waals surface area contributed by atoms with E-state index in [0.29, 0.717) is 0 Å². The molecule has 0 aliphatic heterocycles. The molecule has 10 heteroatoms. The van der Waals surface area contributed by atoms with Gasteiger partial charge in [0.05, 0.1) is 27.4 Å². The van der Waals surface area contributed by atoms with E-state index in [0.717, 1.165) is 29.8 Å². The zero-order valence-corrected chi connectivity index (χ0v) is 16.9. The van der Waals surface area contributed by atoms with Crippen molar-refractivity contribution in [2.75, 3.05) is 0 Å². The molecule has 31 heavy (non-hydrogen) atoms. The molecule has 1 N–H and O–H groups in total. The van der Waals surface area contributed by atoms with E-state index < -0.39 is 27.7 Å². The summed E-state index contributed by atoms with van der Waals surface area (Å²) in [5.74, 6) is -0.914. The molecule has 3 aromatic rings. The lowest BCUT2D eigenvalue weighted by atomic mass is 10.2. The zero-order chi connectivity index (χ0) is 22.6. The van der Waals surface area contributed by atoms with Crippen LogP contribution in [-0.2, 0) is 16.2 Å². The predicted molar refractivity (Wildman–Crippen MR) is 108 cm³/mol. The van der Waals surface area contributed by atoms with Gasteiger partial charge in [0.1, 0.15) is 0 Å². The number of hydrogen-bond acceptors (Lipinski definition) is 5. The summed E-state index contributed by atoms with van der Waals surface area (Å²) in [6.07, 6.45) is -4.47. The molecule has 0 saturated heterocycles. The minimum Gasteiger partial charge on any atom is -0.268 e. The Morgan fingerprint density at radius 3 is 2.10 bits per heavy atom. The molecule has 0 fully saturated rings. The van der Waals surface area contributed by atoms with Gasteiger partial charge in [-0.25, -0.2) is 13.1 Å². The Morgan fingerprint density at radius 1 is 0.871 bits per heavy atom. The fourth-order valence-corrected chi connectivity index (χ4v) is 3.50. The minimum absolute atomic E-state index is 0.0546. The largest absolute Gasteiger partial charge is 0.416 e. The lowest BCUT2D eigenvalue weighted by Gasteiger charge is -2.09. The van der Waals surface area contributed by atoms with Crippen molar-refractivity contribution in [3.63, 3.8) is 0 Å². The molecule has 1 amide bonds. The number of alkyl halides is 3. The molecule has 0 radical (unpaired) electrons. The van der Waals surface area contributed by atoms with Gasteiger partial charge in [0.2, 0.25) is 0 Å². The zero-order valence-electron chi connectivity index (χ0n) is 16.1. The summed E-state index contributed by atoms with van der Waals surface area (Å²) in [6, 6.07) is 15.8. The number of benzene rings is 3. The fourth-order valence-electron chi connectivity index (χ4n) is 2.53. The van der Waals surface area contributed by atoms with E-state index in [9.17, 15) is 26.4 Å². The van der Waals surface area contributed by atoms with Crippen molar-refractivity contribution in [2.24, 2.45) is 10.2 Å². The van der Waals surface area contributed by atoms with E-state index in [1.165, 1.54) is 30.3 Å². The molecule has 3 aromatic carbocycles. The van der Waals surface area contributed by atoms with Crippen molar-refractivity contribution < 1.29 is 26.4 Å². The van der Waals surface area contributed by atoms with Crippen molar-refractivity contribution in [2.45, 2.75) is 18.0 Å². The molecule has 0 saturated carbocycles. The number of azo groups is 1. The van der Waals surface area contributed by atoms with E-state index in [1.807, 2.05) is 4.72 Å². The molecule has 0 unspecified atom stereocenters. The summed E-state index contributed by atoms with van der Waals surface area (Å²) in [5, 5.41) is 7.73. The first-order chi connectivity index (χ1) is 14.6. The molecule has 0 aliphatic rings. The third-order valence-corrected chi connectivity index (χ3v) is 5.52. The van der Waals surface area contributed by atoms with Gasteiger partial charge in [0.25, 0.3) is 15.9 Å². The minimum atomic E-state index is -4.47. The lowest BCUT2D eigenvalue weighted by molar-refractivity contribution is -0.137. The van der Waals surface area contributed by atoms with Crippen LogP contribution in [0.4, 0.5) is 24.5 Å². The highest BCUT2D eigenvalue weighted by Gasteiger charge is 2.30. The molecule has 0 heterocycles. The highest BCUT2D eigenvalue weighted by molar-refractivity contribution is 7.90. The van der Waals surface area contributed by atoms with Crippen LogP contribution in [0.1, 0.15) is 21.5 Å². The van der Waals surface area contributed by atoms with Gasteiger partial charge in [-0.1, -0.05) is 29.8 Å². The van der Waals surface area contributed by atoms with E-state index in [-0.39, 0.29) is 21.8 Å². The van der Waals surface area contributed by atoms with Gasteiger partial charge in [-0.15, -0.1) is 5.11 Å². The van der Waals surface area contributed by atoms with Gasteiger partial charge >= 0.3 is 6.18 Å². The van der Waals surface area contributed by atoms with Crippen LogP contribution in [-0.4, -0.2) is 14.3 Å². The number of nitrogens with one attached hydrogen (secondary N) is 1. The summed E-state index contributed by atoms with van der Waals surface area (Å²) in [5.41, 5.74) is 0.162. The summed E-state index contributed by atoms with van der Waals surface area (Å²) >= 11 is 0. The summed E-state index contributed by atoms with van der Waals surface area (Å²) in [6.45, 7) is 1.80. The van der Waals surface area contributed by atoms with Gasteiger partial charge in [0.15, 0.2) is 0 Å². The third kappa shape index (κ3) is 5.54. The fraction of sp³-hybridized carbons (Fsp3) is 0.0952. The van der Waals surface area contributed by atoms with E-state index >= 15 is 0 Å². The molecule has 0 spiro atoms. The number of carbonyl (C=O) groups excluding carboxylic acids is 1. The number of amides is 1. The maximum absolute atomic E-state index is 12.6. The Kier molecular flexibility index (Phi) is 6.21. The number of aryl methyl sites for hydroxylation is 1. The summed E-state index contributed by atoms with van der Waals surface area (Å²) in [7, 11) is -4.11. The van der Waals surface area contributed by atoms with Gasteiger partial charge in [-0.2, -0.15) is 18.3 Å². The predicted octanol–water partition coefficient (Wildman–Crippen LogP) is 5.55. The van der Waals surface area contributed by atoms with Gasteiger partial charge in [-0.3, -0.25) is 4.79 Å². The SMILES string of the molecule is Cc1ccc(S(=O)(=O)NC(=O)c2ccccc2N=Nc2ccc(C(F)(F)F)cc2)cc1. The average molecular weight is 447 g/mol. The number of rotatable bonds is 5. The molecule has 0 aromatic heterocycles. The Hall–Kier alpha value is -3.53. The molecular formula is C21H16F3N3O3S. The average Bonchev–Trinajstić information content (AvgIpc) is 2.72. The van der Waals surface area contributed by atoms with Gasteiger partial charge < -0.3 is 0 Å². The quantitative estimate of drug-likeness (QED) is 0.520. The van der Waals surface area contributed by atoms with Crippen LogP contribution in [0, 0.1) is 6.92 Å². The summed E-state index contributed by atoms with van der Waals surface area (Å²) < 4.78 is 64.8. The lowest BCUT2D eigenvalue weighted by Crippen LogP contribution is -2.30. The highest BCUT2D eigenvalue weighted by Crippen LogP contribution is 2.31. The molecule has 160 valence electrons. The second-order valence-electron chi connectivity index (χ2n) is 6.51. The smallest absolute Gasteiger partial charge is 0.268 e. The number of carbonyl (C=O) groups is 1. The highest BCUT2D eigenvalue weighted by atomic mass is 32.2. The van der Waals surface area contributed by atoms with Crippen molar-refractivity contribution in [3.8, 4) is 0 Å². The Labute approximate surface area is 176 Å². The topological polar surface area (TPSA) is 88.0 Å². The number of nitrogens with zero attached hydrogens (tertiary/aromatic N) is 2. The van der Waals surface area contributed by atoms with Crippen molar-refractivity contribution >= 4 is 27.3 Å². The van der Waals surface area contributed by atoms with Crippen molar-refractivity contribution in [1.29, 1.82) is 0 Å². The van der Waals surface area contributed by atoms with Crippen molar-refractivity contribution in [3.05, 3.63) is 89.5 Å². The Balaban J connectivity index is 1.82. The van der Waals surface area contributed by atoms with Crippen LogP contribution in [0.3, 0.4) is 0 Å². The molecule has 0 atom stereocenters. The first-order valence-electron chi connectivity index (χ1n) is 8.88. The normalized spacial score (nSPS) is 12.1. The van der Waals surface area contributed by atoms with Crippen LogP contribution in [0.25, 0.3) is 0 Å². The van der Waals surface area contributed by atoms with Crippen LogP contribution >= 0.6 is 0 Å². The second kappa shape index (κ2) is 8.68. The van der Waals surface area contributed by atoms with Crippen molar-refractivity contribution in [1.82, 2.24) is 4.72 Å². The Bertz CT molecular complexity index is 1220. The second-order valence-corrected chi connectivity index (χ2v) is 8.19. The molecule has 6 nitrogen and oxygen atoms in total. The van der Waals surface area contributed by atoms with Gasteiger partial charge in [0, 0.05) is 0 Å².